The third-order valence-corrected chi connectivity index (χ3v) is 4.02. The van der Waals surface area contributed by atoms with Crippen LogP contribution in [0.5, 0.6) is 5.75 Å². The van der Waals surface area contributed by atoms with Gasteiger partial charge in [0.2, 0.25) is 0 Å². The summed E-state index contributed by atoms with van der Waals surface area (Å²) >= 11 is 0. The summed E-state index contributed by atoms with van der Waals surface area (Å²) in [5.41, 5.74) is 0.802. The van der Waals surface area contributed by atoms with Gasteiger partial charge in [0.05, 0.1) is 5.92 Å². The van der Waals surface area contributed by atoms with Gasteiger partial charge in [-0.1, -0.05) is 25.0 Å². The molecule has 1 aromatic carbocycles. The van der Waals surface area contributed by atoms with Gasteiger partial charge in [-0.25, -0.2) is 0 Å². The highest BCUT2D eigenvalue weighted by Crippen LogP contribution is 2.38. The first kappa shape index (κ1) is 15.2. The maximum absolute atomic E-state index is 13.0. The van der Waals surface area contributed by atoms with Crippen LogP contribution in [0.25, 0.3) is 0 Å². The van der Waals surface area contributed by atoms with Crippen molar-refractivity contribution in [2.75, 3.05) is 0 Å². The fraction of sp³-hybridized carbons (Fsp3) is 0.600. The van der Waals surface area contributed by atoms with Crippen molar-refractivity contribution in [3.63, 3.8) is 0 Å². The number of phenols is 1. The molecule has 1 aliphatic carbocycles. The van der Waals surface area contributed by atoms with Crippen molar-refractivity contribution in [1.82, 2.24) is 5.32 Å². The molecule has 1 saturated carbocycles. The van der Waals surface area contributed by atoms with Gasteiger partial charge in [-0.05, 0) is 37.5 Å². The first-order chi connectivity index (χ1) is 9.38. The Kier molecular flexibility index (Phi) is 4.58. The van der Waals surface area contributed by atoms with E-state index in [1.807, 2.05) is 13.0 Å². The van der Waals surface area contributed by atoms with E-state index in [-0.39, 0.29) is 18.2 Å². The molecule has 0 aliphatic heterocycles. The van der Waals surface area contributed by atoms with Crippen molar-refractivity contribution in [2.45, 2.75) is 50.9 Å². The van der Waals surface area contributed by atoms with Crippen molar-refractivity contribution in [2.24, 2.45) is 5.92 Å². The van der Waals surface area contributed by atoms with Gasteiger partial charge in [-0.2, -0.15) is 13.2 Å². The second-order valence-electron chi connectivity index (χ2n) is 5.52. The molecular weight excluding hydrogens is 267 g/mol. The third kappa shape index (κ3) is 3.66. The standard InChI is InChI=1S/C15H20F3NO/c1-10(11-5-4-6-12(20)9-11)19-14-8-3-2-7-13(14)15(16,17)18/h4-6,9-10,13-14,19-20H,2-3,7-8H2,1H3. The number of rotatable bonds is 3. The van der Waals surface area contributed by atoms with Crippen LogP contribution in [0.15, 0.2) is 24.3 Å². The minimum atomic E-state index is -4.14. The summed E-state index contributed by atoms with van der Waals surface area (Å²) in [6.45, 7) is 1.83. The number of nitrogens with one attached hydrogen (secondary N) is 1. The first-order valence-electron chi connectivity index (χ1n) is 6.99. The van der Waals surface area contributed by atoms with Crippen LogP contribution in [0.1, 0.15) is 44.2 Å². The lowest BCUT2D eigenvalue weighted by Crippen LogP contribution is -2.46. The topological polar surface area (TPSA) is 32.3 Å². The Hall–Kier alpha value is -1.23. The summed E-state index contributed by atoms with van der Waals surface area (Å²) in [4.78, 5) is 0. The highest BCUT2D eigenvalue weighted by Gasteiger charge is 2.45. The van der Waals surface area contributed by atoms with Crippen molar-refractivity contribution < 1.29 is 18.3 Å². The Morgan fingerprint density at radius 3 is 2.60 bits per heavy atom. The molecule has 0 spiro atoms. The summed E-state index contributed by atoms with van der Waals surface area (Å²) in [5.74, 6) is -1.14. The normalized spacial score (nSPS) is 25.4. The quantitative estimate of drug-likeness (QED) is 0.874. The molecule has 2 rings (SSSR count). The van der Waals surface area contributed by atoms with E-state index in [0.29, 0.717) is 12.8 Å². The lowest BCUT2D eigenvalue weighted by molar-refractivity contribution is -0.189. The monoisotopic (exact) mass is 287 g/mol. The van der Waals surface area contributed by atoms with E-state index < -0.39 is 18.1 Å². The van der Waals surface area contributed by atoms with Crippen LogP contribution in [0, 0.1) is 5.92 Å². The highest BCUT2D eigenvalue weighted by molar-refractivity contribution is 5.29. The SMILES string of the molecule is CC(NC1CCCCC1C(F)(F)F)c1cccc(O)c1. The largest absolute Gasteiger partial charge is 0.508 e. The maximum atomic E-state index is 13.0. The molecule has 0 aromatic heterocycles. The molecule has 1 aromatic rings. The van der Waals surface area contributed by atoms with Crippen LogP contribution in [0.3, 0.4) is 0 Å². The summed E-state index contributed by atoms with van der Waals surface area (Å²) in [5, 5.41) is 12.5. The zero-order valence-electron chi connectivity index (χ0n) is 11.5. The smallest absolute Gasteiger partial charge is 0.393 e. The van der Waals surface area contributed by atoms with Crippen molar-refractivity contribution in [3.8, 4) is 5.75 Å². The molecule has 112 valence electrons. The molecule has 5 heteroatoms. The molecule has 2 nitrogen and oxygen atoms in total. The fourth-order valence-electron chi connectivity index (χ4n) is 2.93. The van der Waals surface area contributed by atoms with Gasteiger partial charge in [0.1, 0.15) is 5.75 Å². The minimum Gasteiger partial charge on any atom is -0.508 e. The predicted octanol–water partition coefficient (Wildman–Crippen LogP) is 4.16. The Morgan fingerprint density at radius 2 is 1.95 bits per heavy atom. The van der Waals surface area contributed by atoms with Gasteiger partial charge in [0.15, 0.2) is 0 Å². The van der Waals surface area contributed by atoms with Gasteiger partial charge >= 0.3 is 6.18 Å². The number of hydrogen-bond donors (Lipinski definition) is 2. The van der Waals surface area contributed by atoms with E-state index in [2.05, 4.69) is 5.32 Å². The van der Waals surface area contributed by atoms with E-state index >= 15 is 0 Å². The lowest BCUT2D eigenvalue weighted by Gasteiger charge is -2.35. The molecule has 3 atom stereocenters. The molecule has 2 N–H and O–H groups in total. The molecule has 3 unspecified atom stereocenters. The van der Waals surface area contributed by atoms with Gasteiger partial charge in [-0.15, -0.1) is 0 Å². The van der Waals surface area contributed by atoms with E-state index in [9.17, 15) is 18.3 Å². The maximum Gasteiger partial charge on any atom is 0.393 e. The number of aromatic hydroxyl groups is 1. The average molecular weight is 287 g/mol. The zero-order valence-corrected chi connectivity index (χ0v) is 11.5. The minimum absolute atomic E-state index is 0.132. The van der Waals surface area contributed by atoms with Crippen LogP contribution in [0.4, 0.5) is 13.2 Å². The molecule has 0 saturated heterocycles. The molecular formula is C15H20F3NO. The number of hydrogen-bond acceptors (Lipinski definition) is 2. The van der Waals surface area contributed by atoms with E-state index in [1.165, 1.54) is 0 Å². The molecule has 0 radical (unpaired) electrons. The van der Waals surface area contributed by atoms with Crippen LogP contribution < -0.4 is 5.32 Å². The van der Waals surface area contributed by atoms with E-state index in [1.54, 1.807) is 18.2 Å². The summed E-state index contributed by atoms with van der Waals surface area (Å²) < 4.78 is 39.1. The Bertz CT molecular complexity index is 447. The van der Waals surface area contributed by atoms with E-state index in [0.717, 1.165) is 12.0 Å². The number of phenolic OH excluding ortho intramolecular Hbond substituents is 1. The molecule has 0 bridgehead atoms. The lowest BCUT2D eigenvalue weighted by atomic mass is 9.83. The zero-order chi connectivity index (χ0) is 14.8. The van der Waals surface area contributed by atoms with Crippen LogP contribution in [0.2, 0.25) is 0 Å². The summed E-state index contributed by atoms with van der Waals surface area (Å²) in [7, 11) is 0. The second-order valence-corrected chi connectivity index (χ2v) is 5.52. The van der Waals surface area contributed by atoms with Crippen molar-refractivity contribution in [3.05, 3.63) is 29.8 Å². The van der Waals surface area contributed by atoms with Crippen LogP contribution >= 0.6 is 0 Å². The molecule has 20 heavy (non-hydrogen) atoms. The van der Waals surface area contributed by atoms with Gasteiger partial charge in [0, 0.05) is 12.1 Å². The number of alkyl halides is 3. The first-order valence-corrected chi connectivity index (χ1v) is 6.99. The number of benzene rings is 1. The molecule has 1 fully saturated rings. The molecule has 0 amide bonds. The fourth-order valence-corrected chi connectivity index (χ4v) is 2.93. The Balaban J connectivity index is 2.07. The Morgan fingerprint density at radius 1 is 1.25 bits per heavy atom. The van der Waals surface area contributed by atoms with Gasteiger partial charge < -0.3 is 10.4 Å². The van der Waals surface area contributed by atoms with Gasteiger partial charge in [0.25, 0.3) is 0 Å². The average Bonchev–Trinajstić information content (AvgIpc) is 2.38. The predicted molar refractivity (Wildman–Crippen MR) is 71.5 cm³/mol. The summed E-state index contributed by atoms with van der Waals surface area (Å²) in [6, 6.07) is 5.89. The van der Waals surface area contributed by atoms with Crippen molar-refractivity contribution in [1.29, 1.82) is 0 Å². The molecule has 1 aliphatic rings. The second kappa shape index (κ2) is 6.04. The molecule has 0 heterocycles. The Labute approximate surface area is 117 Å². The van der Waals surface area contributed by atoms with Crippen LogP contribution in [-0.2, 0) is 0 Å². The third-order valence-electron chi connectivity index (χ3n) is 4.02. The van der Waals surface area contributed by atoms with Gasteiger partial charge in [-0.3, -0.25) is 0 Å². The summed E-state index contributed by atoms with van der Waals surface area (Å²) in [6.07, 6.45) is -1.92. The van der Waals surface area contributed by atoms with Crippen LogP contribution in [-0.4, -0.2) is 17.3 Å². The number of halogens is 3. The van der Waals surface area contributed by atoms with E-state index in [4.69, 9.17) is 0 Å². The highest BCUT2D eigenvalue weighted by atomic mass is 19.4. The van der Waals surface area contributed by atoms with Crippen molar-refractivity contribution >= 4 is 0 Å².